The molecule has 1 aliphatic carbocycles. The van der Waals surface area contributed by atoms with Crippen molar-refractivity contribution >= 4 is 5.78 Å². The van der Waals surface area contributed by atoms with E-state index in [0.29, 0.717) is 5.56 Å². The first-order valence-corrected chi connectivity index (χ1v) is 6.44. The molecular weight excluding hydrogens is 208 g/mol. The van der Waals surface area contributed by atoms with Crippen LogP contribution in [0.5, 0.6) is 0 Å². The fraction of sp³-hybridized carbons (Fsp3) is 0.438. The number of Topliss-reactive ketones (excluding diaryl/α,β-unsaturated/α-hetero) is 1. The molecule has 0 spiro atoms. The van der Waals surface area contributed by atoms with E-state index in [1.54, 1.807) is 0 Å². The molecule has 0 amide bonds. The predicted octanol–water partition coefficient (Wildman–Crippen LogP) is 3.84. The quantitative estimate of drug-likeness (QED) is 0.425. The molecule has 0 saturated heterocycles. The third-order valence-corrected chi connectivity index (χ3v) is 3.35. The monoisotopic (exact) mass is 226 g/mol. The first kappa shape index (κ1) is 11.9. The Balaban J connectivity index is 1.86. The zero-order valence-corrected chi connectivity index (χ0v) is 10.1. The molecule has 1 aromatic carbocycles. The van der Waals surface area contributed by atoms with Crippen molar-refractivity contribution in [1.82, 2.24) is 0 Å². The second-order valence-electron chi connectivity index (χ2n) is 4.71. The Labute approximate surface area is 103 Å². The first-order chi connectivity index (χ1) is 8.36. The Bertz CT molecular complexity index is 416. The van der Waals surface area contributed by atoms with Crippen LogP contribution in [0.2, 0.25) is 0 Å². The van der Waals surface area contributed by atoms with Gasteiger partial charge in [-0.3, -0.25) is 4.79 Å². The van der Waals surface area contributed by atoms with E-state index in [1.165, 1.54) is 32.1 Å². The lowest BCUT2D eigenvalue weighted by atomic mass is 9.87. The highest BCUT2D eigenvalue weighted by Gasteiger charge is 2.11. The molecule has 0 bridgehead atoms. The Morgan fingerprint density at radius 2 is 1.82 bits per heavy atom. The average Bonchev–Trinajstić information content (AvgIpc) is 2.41. The predicted molar refractivity (Wildman–Crippen MR) is 69.7 cm³/mol. The van der Waals surface area contributed by atoms with Crippen LogP contribution >= 0.6 is 0 Å². The van der Waals surface area contributed by atoms with Gasteiger partial charge in [0.2, 0.25) is 5.78 Å². The minimum Gasteiger partial charge on any atom is -0.279 e. The van der Waals surface area contributed by atoms with Crippen molar-refractivity contribution in [2.75, 3.05) is 0 Å². The van der Waals surface area contributed by atoms with Crippen LogP contribution in [0.4, 0.5) is 0 Å². The molecule has 1 nitrogen and oxygen atoms in total. The van der Waals surface area contributed by atoms with Crippen LogP contribution < -0.4 is 0 Å². The number of ketones is 1. The van der Waals surface area contributed by atoms with Gasteiger partial charge in [0.1, 0.15) is 0 Å². The van der Waals surface area contributed by atoms with Gasteiger partial charge in [-0.05, 0) is 24.7 Å². The van der Waals surface area contributed by atoms with Crippen molar-refractivity contribution < 1.29 is 4.79 Å². The maximum absolute atomic E-state index is 11.7. The minimum absolute atomic E-state index is 0.0543. The van der Waals surface area contributed by atoms with Crippen LogP contribution in [-0.4, -0.2) is 5.78 Å². The van der Waals surface area contributed by atoms with Gasteiger partial charge in [-0.2, -0.15) is 0 Å². The van der Waals surface area contributed by atoms with Crippen molar-refractivity contribution in [3.8, 4) is 11.8 Å². The molecule has 0 N–H and O–H groups in total. The molecule has 1 aromatic rings. The van der Waals surface area contributed by atoms with E-state index in [0.717, 1.165) is 12.3 Å². The second kappa shape index (κ2) is 6.25. The van der Waals surface area contributed by atoms with Gasteiger partial charge in [-0.1, -0.05) is 55.5 Å². The largest absolute Gasteiger partial charge is 0.279 e. The third-order valence-electron chi connectivity index (χ3n) is 3.35. The summed E-state index contributed by atoms with van der Waals surface area (Å²) in [6.07, 6.45) is 7.49. The molecule has 0 aromatic heterocycles. The highest BCUT2D eigenvalue weighted by molar-refractivity contribution is 6.08. The van der Waals surface area contributed by atoms with Gasteiger partial charge in [-0.25, -0.2) is 0 Å². The van der Waals surface area contributed by atoms with Gasteiger partial charge in [-0.15, -0.1) is 0 Å². The summed E-state index contributed by atoms with van der Waals surface area (Å²) >= 11 is 0. The van der Waals surface area contributed by atoms with Crippen molar-refractivity contribution in [1.29, 1.82) is 0 Å². The topological polar surface area (TPSA) is 17.1 Å². The molecule has 0 aliphatic heterocycles. The Kier molecular flexibility index (Phi) is 4.38. The third kappa shape index (κ3) is 3.75. The van der Waals surface area contributed by atoms with E-state index in [1.807, 2.05) is 30.3 Å². The number of hydrogen-bond donors (Lipinski definition) is 0. The maximum Gasteiger partial charge on any atom is 0.235 e. The van der Waals surface area contributed by atoms with E-state index in [-0.39, 0.29) is 5.78 Å². The molecule has 0 radical (unpaired) electrons. The van der Waals surface area contributed by atoms with E-state index in [2.05, 4.69) is 11.8 Å². The normalized spacial score (nSPS) is 16.0. The summed E-state index contributed by atoms with van der Waals surface area (Å²) in [5.41, 5.74) is 0.698. The second-order valence-corrected chi connectivity index (χ2v) is 4.71. The lowest BCUT2D eigenvalue weighted by Gasteiger charge is -2.18. The van der Waals surface area contributed by atoms with E-state index in [4.69, 9.17) is 0 Å². The van der Waals surface area contributed by atoms with Crippen molar-refractivity contribution in [2.45, 2.75) is 38.5 Å². The lowest BCUT2D eigenvalue weighted by Crippen LogP contribution is -2.05. The Morgan fingerprint density at radius 3 is 2.53 bits per heavy atom. The van der Waals surface area contributed by atoms with Gasteiger partial charge >= 0.3 is 0 Å². The molecular formula is C16H18O. The van der Waals surface area contributed by atoms with Gasteiger partial charge in [0.25, 0.3) is 0 Å². The number of hydrogen-bond acceptors (Lipinski definition) is 1. The van der Waals surface area contributed by atoms with Gasteiger partial charge in [0.15, 0.2) is 0 Å². The van der Waals surface area contributed by atoms with E-state index < -0.39 is 0 Å². The molecule has 17 heavy (non-hydrogen) atoms. The van der Waals surface area contributed by atoms with Crippen LogP contribution in [0.1, 0.15) is 48.9 Å². The highest BCUT2D eigenvalue weighted by atomic mass is 16.1. The van der Waals surface area contributed by atoms with Crippen LogP contribution in [0, 0.1) is 17.8 Å². The molecule has 0 atom stereocenters. The molecule has 2 rings (SSSR count). The van der Waals surface area contributed by atoms with Crippen LogP contribution in [0.3, 0.4) is 0 Å². The average molecular weight is 226 g/mol. The van der Waals surface area contributed by atoms with E-state index in [9.17, 15) is 4.79 Å². The fourth-order valence-electron chi connectivity index (χ4n) is 2.33. The summed E-state index contributed by atoms with van der Waals surface area (Å²) < 4.78 is 0. The van der Waals surface area contributed by atoms with E-state index >= 15 is 0 Å². The molecule has 1 heteroatoms. The molecule has 88 valence electrons. The molecule has 1 fully saturated rings. The smallest absolute Gasteiger partial charge is 0.235 e. The van der Waals surface area contributed by atoms with Crippen molar-refractivity contribution in [2.24, 2.45) is 5.92 Å². The van der Waals surface area contributed by atoms with Crippen LogP contribution in [0.25, 0.3) is 0 Å². The number of benzene rings is 1. The molecule has 1 saturated carbocycles. The van der Waals surface area contributed by atoms with Crippen LogP contribution in [0.15, 0.2) is 30.3 Å². The van der Waals surface area contributed by atoms with Crippen molar-refractivity contribution in [3.63, 3.8) is 0 Å². The SMILES string of the molecule is O=C(C#CCC1CCCCC1)c1ccccc1. The fourth-order valence-corrected chi connectivity index (χ4v) is 2.33. The Morgan fingerprint density at radius 1 is 1.12 bits per heavy atom. The summed E-state index contributed by atoms with van der Waals surface area (Å²) in [6.45, 7) is 0. The summed E-state index contributed by atoms with van der Waals surface area (Å²) in [7, 11) is 0. The number of carbonyl (C=O) groups is 1. The maximum atomic E-state index is 11.7. The van der Waals surface area contributed by atoms with Crippen LogP contribution in [-0.2, 0) is 0 Å². The minimum atomic E-state index is -0.0543. The zero-order chi connectivity index (χ0) is 11.9. The zero-order valence-electron chi connectivity index (χ0n) is 10.1. The van der Waals surface area contributed by atoms with Crippen molar-refractivity contribution in [3.05, 3.63) is 35.9 Å². The summed E-state index contributed by atoms with van der Waals surface area (Å²) in [4.78, 5) is 11.7. The van der Waals surface area contributed by atoms with Gasteiger partial charge < -0.3 is 0 Å². The summed E-state index contributed by atoms with van der Waals surface area (Å²) in [6, 6.07) is 9.29. The Hall–Kier alpha value is -1.55. The summed E-state index contributed by atoms with van der Waals surface area (Å²) in [5.74, 6) is 6.48. The van der Waals surface area contributed by atoms with Gasteiger partial charge in [0, 0.05) is 12.0 Å². The lowest BCUT2D eigenvalue weighted by molar-refractivity contribution is 0.105. The summed E-state index contributed by atoms with van der Waals surface area (Å²) in [5, 5.41) is 0. The molecule has 0 unspecified atom stereocenters. The number of rotatable bonds is 2. The number of carbonyl (C=O) groups excluding carboxylic acids is 1. The first-order valence-electron chi connectivity index (χ1n) is 6.44. The highest BCUT2D eigenvalue weighted by Crippen LogP contribution is 2.25. The molecule has 0 heterocycles. The standard InChI is InChI=1S/C16H18O/c17-16(15-11-5-2-6-12-15)13-7-10-14-8-3-1-4-9-14/h2,5-6,11-12,14H,1,3-4,8-10H2. The molecule has 1 aliphatic rings. The van der Waals surface area contributed by atoms with Gasteiger partial charge in [0.05, 0.1) is 0 Å².